The molecule has 0 aromatic carbocycles. The lowest BCUT2D eigenvalue weighted by atomic mass is 10.1. The predicted octanol–water partition coefficient (Wildman–Crippen LogP) is 1.05. The number of rotatable bonds is 5. The van der Waals surface area contributed by atoms with Crippen molar-refractivity contribution in [1.29, 1.82) is 0 Å². The molecule has 1 heterocycles. The molecule has 118 valence electrons. The van der Waals surface area contributed by atoms with E-state index in [0.29, 0.717) is 17.1 Å². The second kappa shape index (κ2) is 6.27. The Hall–Kier alpha value is -0.870. The van der Waals surface area contributed by atoms with Crippen LogP contribution in [0.3, 0.4) is 0 Å². The second-order valence-corrected chi connectivity index (χ2v) is 6.64. The van der Waals surface area contributed by atoms with Gasteiger partial charge < -0.3 is 5.11 Å². The van der Waals surface area contributed by atoms with Crippen LogP contribution in [0.15, 0.2) is 0 Å². The number of hydrogen-bond donors (Lipinski definition) is 1. The molecule has 1 N–H and O–H groups in total. The summed E-state index contributed by atoms with van der Waals surface area (Å²) in [5.74, 6) is -1.28. The zero-order valence-corrected chi connectivity index (χ0v) is 11.7. The van der Waals surface area contributed by atoms with Gasteiger partial charge >= 0.3 is 12.1 Å². The van der Waals surface area contributed by atoms with Crippen molar-refractivity contribution in [2.24, 2.45) is 0 Å². The lowest BCUT2D eigenvalue weighted by Crippen LogP contribution is -2.52. The monoisotopic (exact) mass is 318 g/mol. The highest BCUT2D eigenvalue weighted by Crippen LogP contribution is 2.24. The summed E-state index contributed by atoms with van der Waals surface area (Å²) in [4.78, 5) is 11.0. The van der Waals surface area contributed by atoms with Crippen molar-refractivity contribution in [1.82, 2.24) is 8.61 Å². The minimum atomic E-state index is -4.46. The van der Waals surface area contributed by atoms with Crippen molar-refractivity contribution in [3.8, 4) is 0 Å². The van der Waals surface area contributed by atoms with E-state index in [2.05, 4.69) is 0 Å². The molecule has 0 bridgehead atoms. The number of alkyl halides is 3. The molecule has 0 saturated carbocycles. The van der Waals surface area contributed by atoms with Gasteiger partial charge in [-0.15, -0.1) is 0 Å². The molecule has 1 saturated heterocycles. The Labute approximate surface area is 115 Å². The molecule has 0 aromatic heterocycles. The van der Waals surface area contributed by atoms with E-state index in [1.807, 2.05) is 0 Å². The first-order valence-electron chi connectivity index (χ1n) is 6.08. The van der Waals surface area contributed by atoms with Crippen LogP contribution in [0.4, 0.5) is 13.2 Å². The van der Waals surface area contributed by atoms with Gasteiger partial charge in [-0.1, -0.05) is 0 Å². The molecule has 20 heavy (non-hydrogen) atoms. The summed E-state index contributed by atoms with van der Waals surface area (Å²) in [7, 11) is -3.17. The summed E-state index contributed by atoms with van der Waals surface area (Å²) in [5, 5.41) is 9.01. The summed E-state index contributed by atoms with van der Waals surface area (Å²) in [5.41, 5.74) is 0. The van der Waals surface area contributed by atoms with Crippen LogP contribution >= 0.6 is 0 Å². The molecular weight excluding hydrogens is 301 g/mol. The fourth-order valence-electron chi connectivity index (χ4n) is 2.01. The summed E-state index contributed by atoms with van der Waals surface area (Å²) < 4.78 is 62.0. The fraction of sp³-hybridized carbons (Fsp3) is 0.900. The molecule has 0 amide bonds. The van der Waals surface area contributed by atoms with E-state index < -0.39 is 41.4 Å². The van der Waals surface area contributed by atoms with E-state index in [0.717, 1.165) is 11.4 Å². The molecule has 0 spiro atoms. The maximum atomic E-state index is 12.1. The molecule has 0 radical (unpaired) electrons. The minimum absolute atomic E-state index is 0.00958. The fourth-order valence-corrected chi connectivity index (χ4v) is 3.56. The third kappa shape index (κ3) is 4.32. The van der Waals surface area contributed by atoms with E-state index >= 15 is 0 Å². The Balaban J connectivity index is 2.82. The first-order chi connectivity index (χ1) is 9.05. The van der Waals surface area contributed by atoms with Crippen LogP contribution < -0.4 is 0 Å². The van der Waals surface area contributed by atoms with Crippen LogP contribution in [0.2, 0.25) is 0 Å². The smallest absolute Gasteiger partial charge is 0.390 e. The number of aliphatic carboxylic acids is 1. The van der Waals surface area contributed by atoms with Gasteiger partial charge in [0.15, 0.2) is 0 Å². The number of hydrogen-bond acceptors (Lipinski definition) is 3. The van der Waals surface area contributed by atoms with Gasteiger partial charge in [0, 0.05) is 20.1 Å². The molecule has 1 aliphatic rings. The Bertz CT molecular complexity index is 452. The Morgan fingerprint density at radius 1 is 1.40 bits per heavy atom. The van der Waals surface area contributed by atoms with Crippen molar-refractivity contribution in [2.75, 3.05) is 20.1 Å². The summed E-state index contributed by atoms with van der Waals surface area (Å²) in [6.45, 7) is -0.718. The minimum Gasteiger partial charge on any atom is -0.480 e. The van der Waals surface area contributed by atoms with Gasteiger partial charge in [-0.2, -0.15) is 30.2 Å². The van der Waals surface area contributed by atoms with Crippen molar-refractivity contribution in [3.05, 3.63) is 0 Å². The van der Waals surface area contributed by atoms with Gasteiger partial charge in [-0.05, 0) is 19.3 Å². The third-order valence-corrected chi connectivity index (χ3v) is 5.14. The average molecular weight is 318 g/mol. The normalized spacial score (nSPS) is 22.1. The van der Waals surface area contributed by atoms with E-state index in [1.165, 1.54) is 0 Å². The standard InChI is InChI=1S/C10H17F3N2O4S/c1-14(7-5-10(11,12)13)20(18,19)15-6-3-2-4-8(15)9(16)17/h8H,2-7H2,1H3,(H,16,17). The summed E-state index contributed by atoms with van der Waals surface area (Å²) >= 11 is 0. The molecule has 0 aliphatic carbocycles. The number of nitrogens with zero attached hydrogens (tertiary/aromatic N) is 2. The van der Waals surface area contributed by atoms with Gasteiger partial charge in [0.25, 0.3) is 10.2 Å². The molecule has 1 unspecified atom stereocenters. The van der Waals surface area contributed by atoms with Crippen molar-refractivity contribution in [3.63, 3.8) is 0 Å². The van der Waals surface area contributed by atoms with Gasteiger partial charge in [0.1, 0.15) is 6.04 Å². The van der Waals surface area contributed by atoms with Crippen LogP contribution in [0, 0.1) is 0 Å². The molecular formula is C10H17F3N2O4S. The zero-order chi connectivity index (χ0) is 15.6. The molecule has 10 heteroatoms. The number of carboxylic acids is 1. The van der Waals surface area contributed by atoms with Gasteiger partial charge in [0.2, 0.25) is 0 Å². The Morgan fingerprint density at radius 2 is 2.00 bits per heavy atom. The Morgan fingerprint density at radius 3 is 2.50 bits per heavy atom. The summed E-state index contributed by atoms with van der Waals surface area (Å²) in [6.07, 6.45) is -4.49. The largest absolute Gasteiger partial charge is 0.480 e. The zero-order valence-electron chi connectivity index (χ0n) is 10.9. The van der Waals surface area contributed by atoms with Crippen molar-refractivity contribution < 1.29 is 31.5 Å². The SMILES string of the molecule is CN(CCC(F)(F)F)S(=O)(=O)N1CCCCC1C(=O)O. The van der Waals surface area contributed by atoms with Crippen LogP contribution in [-0.4, -0.2) is 60.5 Å². The van der Waals surface area contributed by atoms with E-state index in [4.69, 9.17) is 5.11 Å². The molecule has 1 fully saturated rings. The Kier molecular flexibility index (Phi) is 5.39. The first-order valence-corrected chi connectivity index (χ1v) is 7.48. The van der Waals surface area contributed by atoms with Crippen LogP contribution in [-0.2, 0) is 15.0 Å². The van der Waals surface area contributed by atoms with Crippen LogP contribution in [0.25, 0.3) is 0 Å². The van der Waals surface area contributed by atoms with Gasteiger partial charge in [-0.3, -0.25) is 4.79 Å². The third-order valence-electron chi connectivity index (χ3n) is 3.14. The molecule has 6 nitrogen and oxygen atoms in total. The lowest BCUT2D eigenvalue weighted by molar-refractivity contribution is -0.143. The maximum absolute atomic E-state index is 12.1. The molecule has 1 atom stereocenters. The number of carbonyl (C=O) groups is 1. The van der Waals surface area contributed by atoms with Crippen LogP contribution in [0.5, 0.6) is 0 Å². The highest BCUT2D eigenvalue weighted by atomic mass is 32.2. The maximum Gasteiger partial charge on any atom is 0.390 e. The second-order valence-electron chi connectivity index (χ2n) is 4.66. The van der Waals surface area contributed by atoms with Gasteiger partial charge in [0.05, 0.1) is 6.42 Å². The van der Waals surface area contributed by atoms with Crippen molar-refractivity contribution >= 4 is 16.2 Å². The molecule has 1 rings (SSSR count). The average Bonchev–Trinajstić information content (AvgIpc) is 2.34. The topological polar surface area (TPSA) is 77.9 Å². The number of carboxylic acid groups (broad SMARTS) is 1. The van der Waals surface area contributed by atoms with Gasteiger partial charge in [-0.25, -0.2) is 0 Å². The van der Waals surface area contributed by atoms with E-state index in [-0.39, 0.29) is 13.0 Å². The molecule has 1 aliphatic heterocycles. The van der Waals surface area contributed by atoms with Crippen LogP contribution in [0.1, 0.15) is 25.7 Å². The lowest BCUT2D eigenvalue weighted by Gasteiger charge is -2.34. The molecule has 0 aromatic rings. The first kappa shape index (κ1) is 17.2. The number of halogens is 3. The number of piperidine rings is 1. The summed E-state index contributed by atoms with van der Waals surface area (Å²) in [6, 6.07) is -1.21. The quantitative estimate of drug-likeness (QED) is 0.822. The van der Waals surface area contributed by atoms with E-state index in [1.54, 1.807) is 0 Å². The highest BCUT2D eigenvalue weighted by Gasteiger charge is 2.39. The predicted molar refractivity (Wildman–Crippen MR) is 64.2 cm³/mol. The van der Waals surface area contributed by atoms with E-state index in [9.17, 15) is 26.4 Å². The highest BCUT2D eigenvalue weighted by molar-refractivity contribution is 7.86. The van der Waals surface area contributed by atoms with Crippen molar-refractivity contribution in [2.45, 2.75) is 37.9 Å².